The first kappa shape index (κ1) is 16.1. The Kier molecular flexibility index (Phi) is 4.22. The second-order valence-corrected chi connectivity index (χ2v) is 7.04. The van der Waals surface area contributed by atoms with Gasteiger partial charge in [-0.2, -0.15) is 0 Å². The summed E-state index contributed by atoms with van der Waals surface area (Å²) in [6.45, 7) is 5.64. The van der Waals surface area contributed by atoms with E-state index < -0.39 is 23.5 Å². The first-order chi connectivity index (χ1) is 9.62. The number of amides is 1. The van der Waals surface area contributed by atoms with Gasteiger partial charge in [-0.1, -0.05) is 29.3 Å². The van der Waals surface area contributed by atoms with Gasteiger partial charge in [-0.3, -0.25) is 9.59 Å². The first-order valence-corrected chi connectivity index (χ1v) is 7.38. The Morgan fingerprint density at radius 3 is 2.43 bits per heavy atom. The van der Waals surface area contributed by atoms with Gasteiger partial charge in [0, 0.05) is 22.0 Å². The van der Waals surface area contributed by atoms with E-state index in [2.05, 4.69) is 0 Å². The number of carboxylic acid groups (broad SMARTS) is 1. The molecule has 2 atom stereocenters. The minimum Gasteiger partial charge on any atom is -0.481 e. The number of halogens is 2. The van der Waals surface area contributed by atoms with Crippen LogP contribution in [-0.4, -0.2) is 27.4 Å². The summed E-state index contributed by atoms with van der Waals surface area (Å²) in [5.41, 5.74) is 0.129. The lowest BCUT2D eigenvalue weighted by atomic mass is 9.91. The van der Waals surface area contributed by atoms with Crippen molar-refractivity contribution < 1.29 is 14.7 Å². The summed E-state index contributed by atoms with van der Waals surface area (Å²) in [4.78, 5) is 25.4. The molecule has 1 N–H and O–H groups in total. The van der Waals surface area contributed by atoms with Gasteiger partial charge in [0.2, 0.25) is 5.91 Å². The van der Waals surface area contributed by atoms with Crippen LogP contribution in [0, 0.1) is 5.92 Å². The largest absolute Gasteiger partial charge is 0.481 e. The molecule has 6 heteroatoms. The van der Waals surface area contributed by atoms with E-state index in [0.717, 1.165) is 0 Å². The van der Waals surface area contributed by atoms with E-state index in [1.807, 2.05) is 20.8 Å². The number of hydrogen-bond acceptors (Lipinski definition) is 2. The van der Waals surface area contributed by atoms with Gasteiger partial charge in [-0.25, -0.2) is 0 Å². The quantitative estimate of drug-likeness (QED) is 0.898. The summed E-state index contributed by atoms with van der Waals surface area (Å²) in [5.74, 6) is -1.98. The van der Waals surface area contributed by atoms with Gasteiger partial charge in [0.1, 0.15) is 0 Å². The summed E-state index contributed by atoms with van der Waals surface area (Å²) in [7, 11) is 0. The highest BCUT2D eigenvalue weighted by atomic mass is 35.5. The highest BCUT2D eigenvalue weighted by Crippen LogP contribution is 2.44. The zero-order chi connectivity index (χ0) is 15.9. The molecule has 1 aromatic rings. The first-order valence-electron chi connectivity index (χ1n) is 6.63. The number of carboxylic acids is 1. The number of hydrogen-bond donors (Lipinski definition) is 1. The molecular formula is C15H17Cl2NO3. The lowest BCUT2D eigenvalue weighted by Gasteiger charge is -2.38. The van der Waals surface area contributed by atoms with Crippen molar-refractivity contribution in [2.45, 2.75) is 38.8 Å². The molecule has 114 valence electrons. The molecule has 1 aromatic carbocycles. The van der Waals surface area contributed by atoms with Crippen LogP contribution < -0.4 is 0 Å². The highest BCUT2D eigenvalue weighted by molar-refractivity contribution is 6.35. The lowest BCUT2D eigenvalue weighted by Crippen LogP contribution is -2.44. The van der Waals surface area contributed by atoms with Crippen molar-refractivity contribution in [1.82, 2.24) is 4.90 Å². The maximum Gasteiger partial charge on any atom is 0.309 e. The molecule has 4 nitrogen and oxygen atoms in total. The molecule has 0 saturated carbocycles. The number of carbonyl (C=O) groups is 2. The number of rotatable bonds is 2. The fraction of sp³-hybridized carbons (Fsp3) is 0.467. The molecule has 2 rings (SSSR count). The van der Waals surface area contributed by atoms with Crippen LogP contribution in [0.15, 0.2) is 18.2 Å². The van der Waals surface area contributed by atoms with E-state index in [9.17, 15) is 14.7 Å². The normalized spacial score (nSPS) is 22.7. The molecule has 1 aliphatic heterocycles. The topological polar surface area (TPSA) is 57.6 Å². The summed E-state index contributed by atoms with van der Waals surface area (Å²) in [6, 6.07) is 4.34. The Balaban J connectivity index is 2.57. The van der Waals surface area contributed by atoms with E-state index in [-0.39, 0.29) is 12.3 Å². The van der Waals surface area contributed by atoms with Crippen LogP contribution in [-0.2, 0) is 9.59 Å². The summed E-state index contributed by atoms with van der Waals surface area (Å²) < 4.78 is 0. The monoisotopic (exact) mass is 329 g/mol. The third kappa shape index (κ3) is 3.01. The smallest absolute Gasteiger partial charge is 0.309 e. The molecule has 1 saturated heterocycles. The third-order valence-corrected chi connectivity index (χ3v) is 4.21. The van der Waals surface area contributed by atoms with E-state index in [1.165, 1.54) is 0 Å². The average molecular weight is 330 g/mol. The van der Waals surface area contributed by atoms with Gasteiger partial charge in [0.05, 0.1) is 12.0 Å². The molecular weight excluding hydrogens is 313 g/mol. The number of carbonyl (C=O) groups excluding carboxylic acids is 1. The maximum atomic E-state index is 12.3. The third-order valence-electron chi connectivity index (χ3n) is 3.64. The van der Waals surface area contributed by atoms with Gasteiger partial charge in [-0.15, -0.1) is 0 Å². The molecule has 0 spiro atoms. The average Bonchev–Trinajstić information content (AvgIpc) is 2.66. The fourth-order valence-corrected chi connectivity index (χ4v) is 3.36. The van der Waals surface area contributed by atoms with Crippen molar-refractivity contribution in [3.05, 3.63) is 33.8 Å². The molecule has 0 bridgehead atoms. The minimum atomic E-state index is -0.994. The number of aliphatic carboxylic acids is 1. The Hall–Kier alpha value is -1.26. The number of likely N-dealkylation sites (tertiary alicyclic amines) is 1. The molecule has 1 amide bonds. The van der Waals surface area contributed by atoms with Crippen molar-refractivity contribution in [3.8, 4) is 0 Å². The molecule has 1 aliphatic rings. The van der Waals surface area contributed by atoms with Crippen molar-refractivity contribution in [2.24, 2.45) is 5.92 Å². The van der Waals surface area contributed by atoms with Gasteiger partial charge >= 0.3 is 5.97 Å². The SMILES string of the molecule is CC(C)(C)N1C(=O)CC(C(=O)O)C1c1ccc(Cl)cc1Cl. The maximum absolute atomic E-state index is 12.3. The summed E-state index contributed by atoms with van der Waals surface area (Å²) in [6.07, 6.45) is -0.0176. The van der Waals surface area contributed by atoms with Crippen molar-refractivity contribution in [1.29, 1.82) is 0 Å². The Morgan fingerprint density at radius 2 is 1.95 bits per heavy atom. The predicted octanol–water partition coefficient (Wildman–Crippen LogP) is 3.77. The molecule has 0 aliphatic carbocycles. The highest BCUT2D eigenvalue weighted by Gasteiger charge is 2.49. The molecule has 1 fully saturated rings. The van der Waals surface area contributed by atoms with Crippen LogP contribution in [0.5, 0.6) is 0 Å². The van der Waals surface area contributed by atoms with Crippen LogP contribution in [0.3, 0.4) is 0 Å². The van der Waals surface area contributed by atoms with Crippen LogP contribution >= 0.6 is 23.2 Å². The van der Waals surface area contributed by atoms with Crippen molar-refractivity contribution in [3.63, 3.8) is 0 Å². The van der Waals surface area contributed by atoms with Crippen molar-refractivity contribution >= 4 is 35.1 Å². The molecule has 2 unspecified atom stereocenters. The Labute approximate surface area is 133 Å². The van der Waals surface area contributed by atoms with E-state index >= 15 is 0 Å². The summed E-state index contributed by atoms with van der Waals surface area (Å²) in [5, 5.41) is 10.3. The molecule has 0 aromatic heterocycles. The van der Waals surface area contributed by atoms with Crippen LogP contribution in [0.25, 0.3) is 0 Å². The fourth-order valence-electron chi connectivity index (χ4n) is 2.84. The van der Waals surface area contributed by atoms with Gasteiger partial charge < -0.3 is 10.0 Å². The molecule has 21 heavy (non-hydrogen) atoms. The zero-order valence-corrected chi connectivity index (χ0v) is 13.6. The van der Waals surface area contributed by atoms with Gasteiger partial charge in [-0.05, 0) is 38.5 Å². The van der Waals surface area contributed by atoms with E-state index in [1.54, 1.807) is 23.1 Å². The van der Waals surface area contributed by atoms with Gasteiger partial charge in [0.15, 0.2) is 0 Å². The predicted molar refractivity (Wildman–Crippen MR) is 81.5 cm³/mol. The van der Waals surface area contributed by atoms with Crippen LogP contribution in [0.4, 0.5) is 0 Å². The number of benzene rings is 1. The van der Waals surface area contributed by atoms with Crippen LogP contribution in [0.1, 0.15) is 38.8 Å². The lowest BCUT2D eigenvalue weighted by molar-refractivity contribution is -0.142. The van der Waals surface area contributed by atoms with Gasteiger partial charge in [0.25, 0.3) is 0 Å². The standard InChI is InChI=1S/C15H17Cl2NO3/c1-15(2,3)18-12(19)7-10(14(20)21)13(18)9-5-4-8(16)6-11(9)17/h4-6,10,13H,7H2,1-3H3,(H,20,21). The minimum absolute atomic E-state index is 0.0176. The van der Waals surface area contributed by atoms with Crippen molar-refractivity contribution in [2.75, 3.05) is 0 Å². The second kappa shape index (κ2) is 5.50. The summed E-state index contributed by atoms with van der Waals surface area (Å²) >= 11 is 12.1. The molecule has 0 radical (unpaired) electrons. The van der Waals surface area contributed by atoms with Crippen LogP contribution in [0.2, 0.25) is 10.0 Å². The zero-order valence-electron chi connectivity index (χ0n) is 12.1. The Bertz CT molecular complexity index is 595. The number of nitrogens with zero attached hydrogens (tertiary/aromatic N) is 1. The molecule has 1 heterocycles. The van der Waals surface area contributed by atoms with E-state index in [4.69, 9.17) is 23.2 Å². The second-order valence-electron chi connectivity index (χ2n) is 6.19. The van der Waals surface area contributed by atoms with E-state index in [0.29, 0.717) is 15.6 Å². The Morgan fingerprint density at radius 1 is 1.33 bits per heavy atom.